The van der Waals surface area contributed by atoms with Gasteiger partial charge in [0.2, 0.25) is 0 Å². The van der Waals surface area contributed by atoms with E-state index < -0.39 is 17.8 Å². The molecule has 0 atom stereocenters. The lowest BCUT2D eigenvalue weighted by atomic mass is 10.1. The molecule has 1 aliphatic heterocycles. The summed E-state index contributed by atoms with van der Waals surface area (Å²) < 4.78 is 0. The summed E-state index contributed by atoms with van der Waals surface area (Å²) in [5.74, 6) is -2.14. The van der Waals surface area contributed by atoms with E-state index in [1.165, 1.54) is 23.9 Å². The molecule has 2 aromatic carbocycles. The van der Waals surface area contributed by atoms with Crippen molar-refractivity contribution < 1.29 is 19.2 Å². The predicted molar refractivity (Wildman–Crippen MR) is 102 cm³/mol. The zero-order valence-corrected chi connectivity index (χ0v) is 15.6. The highest BCUT2D eigenvalue weighted by Crippen LogP contribution is 2.30. The minimum Gasteiger partial charge on any atom is -0.324 e. The molecule has 0 saturated heterocycles. The van der Waals surface area contributed by atoms with E-state index in [9.17, 15) is 14.4 Å². The topological polar surface area (TPSA) is 76.6 Å². The Morgan fingerprint density at radius 1 is 0.893 bits per heavy atom. The minimum absolute atomic E-state index is 0.177. The molecular weight excluding hydrogens is 376 g/mol. The second kappa shape index (κ2) is 7.28. The number of hydrogen-bond donors (Lipinski definition) is 0. The number of rotatable bonds is 4. The smallest absolute Gasteiger partial charge is 0.324 e. The van der Waals surface area contributed by atoms with Gasteiger partial charge in [-0.2, -0.15) is 0 Å². The van der Waals surface area contributed by atoms with Gasteiger partial charge in [-0.25, -0.2) is 9.78 Å². The number of imide groups is 1. The molecule has 0 saturated carbocycles. The molecule has 0 radical (unpaired) electrons. The molecule has 0 spiro atoms. The maximum absolute atomic E-state index is 12.7. The molecule has 0 fully saturated rings. The van der Waals surface area contributed by atoms with Gasteiger partial charge >= 0.3 is 5.97 Å². The van der Waals surface area contributed by atoms with Crippen molar-refractivity contribution in [1.82, 2.24) is 10.0 Å². The third kappa shape index (κ3) is 3.27. The van der Waals surface area contributed by atoms with Gasteiger partial charge in [-0.3, -0.25) is 9.59 Å². The number of hydrogen-bond acceptors (Lipinski definition) is 6. The van der Waals surface area contributed by atoms with Crippen molar-refractivity contribution in [1.29, 1.82) is 0 Å². The lowest BCUT2D eigenvalue weighted by Gasteiger charge is -2.14. The number of aromatic nitrogens is 1. The Hall–Kier alpha value is -3.45. The molecule has 2 amide bonds. The van der Waals surface area contributed by atoms with Crippen LogP contribution in [-0.4, -0.2) is 27.8 Å². The van der Waals surface area contributed by atoms with Gasteiger partial charge in [0.1, 0.15) is 5.03 Å². The normalized spacial score (nSPS) is 12.8. The largest absolute Gasteiger partial charge is 0.366 e. The van der Waals surface area contributed by atoms with Crippen molar-refractivity contribution in [3.8, 4) is 0 Å². The summed E-state index contributed by atoms with van der Waals surface area (Å²) in [7, 11) is 0. The van der Waals surface area contributed by atoms with Crippen molar-refractivity contribution in [2.24, 2.45) is 0 Å². The van der Waals surface area contributed by atoms with Gasteiger partial charge in [0.05, 0.1) is 16.7 Å². The second-order valence-corrected chi connectivity index (χ2v) is 7.11. The zero-order chi connectivity index (χ0) is 19.7. The van der Waals surface area contributed by atoms with Crippen LogP contribution in [-0.2, 0) is 4.84 Å². The van der Waals surface area contributed by atoms with Crippen molar-refractivity contribution >= 4 is 29.5 Å². The first kappa shape index (κ1) is 17.9. The number of fused-ring (bicyclic) bond motifs is 1. The fourth-order valence-corrected chi connectivity index (χ4v) is 3.72. The molecule has 28 heavy (non-hydrogen) atoms. The second-order valence-electron chi connectivity index (χ2n) is 6.05. The summed E-state index contributed by atoms with van der Waals surface area (Å²) in [6, 6.07) is 19.0. The molecule has 7 heteroatoms. The van der Waals surface area contributed by atoms with E-state index in [0.29, 0.717) is 10.1 Å². The molecule has 0 bridgehead atoms. The summed E-state index contributed by atoms with van der Waals surface area (Å²) in [5.41, 5.74) is 1.33. The number of amides is 2. The van der Waals surface area contributed by atoms with Gasteiger partial charge in [-0.15, -0.1) is 0 Å². The van der Waals surface area contributed by atoms with Crippen molar-refractivity contribution in [2.45, 2.75) is 16.8 Å². The average Bonchev–Trinajstić information content (AvgIpc) is 2.94. The van der Waals surface area contributed by atoms with Gasteiger partial charge in [0.25, 0.3) is 11.8 Å². The molecule has 4 rings (SSSR count). The number of carbonyl (C=O) groups is 3. The molecule has 2 heterocycles. The number of carbonyl (C=O) groups excluding carboxylic acids is 3. The first-order chi connectivity index (χ1) is 13.5. The van der Waals surface area contributed by atoms with Crippen LogP contribution in [0.5, 0.6) is 0 Å². The summed E-state index contributed by atoms with van der Waals surface area (Å²) in [4.78, 5) is 48.0. The van der Waals surface area contributed by atoms with Crippen LogP contribution in [0, 0.1) is 6.92 Å². The number of nitrogens with zero attached hydrogens (tertiary/aromatic N) is 2. The molecule has 0 aliphatic carbocycles. The highest BCUT2D eigenvalue weighted by Gasteiger charge is 2.39. The molecule has 6 nitrogen and oxygen atoms in total. The fourth-order valence-electron chi connectivity index (χ4n) is 2.75. The highest BCUT2D eigenvalue weighted by molar-refractivity contribution is 7.99. The van der Waals surface area contributed by atoms with Gasteiger partial charge in [-0.05, 0) is 43.3 Å². The Bertz CT molecular complexity index is 1060. The van der Waals surface area contributed by atoms with E-state index in [1.807, 2.05) is 37.3 Å². The SMILES string of the molecule is Cc1ccc(C(=O)ON2C(=O)c3ccccc3C2=O)c(Sc2ccccc2)n1. The summed E-state index contributed by atoms with van der Waals surface area (Å²) >= 11 is 1.30. The number of hydroxylamine groups is 2. The Kier molecular flexibility index (Phi) is 4.67. The van der Waals surface area contributed by atoms with Gasteiger partial charge in [0.15, 0.2) is 0 Å². The first-order valence-electron chi connectivity index (χ1n) is 8.45. The van der Waals surface area contributed by atoms with Crippen LogP contribution in [0.15, 0.2) is 76.7 Å². The van der Waals surface area contributed by atoms with Crippen LogP contribution in [0.2, 0.25) is 0 Å². The maximum atomic E-state index is 12.7. The zero-order valence-electron chi connectivity index (χ0n) is 14.8. The van der Waals surface area contributed by atoms with E-state index >= 15 is 0 Å². The van der Waals surface area contributed by atoms with Crippen molar-refractivity contribution in [2.75, 3.05) is 0 Å². The van der Waals surface area contributed by atoms with Crippen molar-refractivity contribution in [3.05, 3.63) is 89.1 Å². The van der Waals surface area contributed by atoms with E-state index in [0.717, 1.165) is 10.6 Å². The predicted octanol–water partition coefficient (Wildman–Crippen LogP) is 3.91. The Morgan fingerprint density at radius 2 is 1.50 bits per heavy atom. The summed E-state index contributed by atoms with van der Waals surface area (Å²) in [6.45, 7) is 1.81. The van der Waals surface area contributed by atoms with Crippen LogP contribution >= 0.6 is 11.8 Å². The van der Waals surface area contributed by atoms with Gasteiger partial charge in [0, 0.05) is 10.6 Å². The van der Waals surface area contributed by atoms with E-state index in [1.54, 1.807) is 24.3 Å². The summed E-state index contributed by atoms with van der Waals surface area (Å²) in [6.07, 6.45) is 0. The number of pyridine rings is 1. The molecule has 0 unspecified atom stereocenters. The third-order valence-corrected chi connectivity index (χ3v) is 5.12. The van der Waals surface area contributed by atoms with Crippen LogP contribution in [0.4, 0.5) is 0 Å². The minimum atomic E-state index is -0.819. The van der Waals surface area contributed by atoms with Crippen LogP contribution in [0.25, 0.3) is 0 Å². The molecule has 1 aliphatic rings. The van der Waals surface area contributed by atoms with E-state index in [-0.39, 0.29) is 16.7 Å². The van der Waals surface area contributed by atoms with Gasteiger partial charge in [-0.1, -0.05) is 47.2 Å². The summed E-state index contributed by atoms with van der Waals surface area (Å²) in [5, 5.41) is 0.942. The monoisotopic (exact) mass is 390 g/mol. The number of aryl methyl sites for hydroxylation is 1. The quantitative estimate of drug-likeness (QED) is 0.629. The fraction of sp³-hybridized carbons (Fsp3) is 0.0476. The third-order valence-electron chi connectivity index (χ3n) is 4.11. The standard InChI is InChI=1S/C21H14N2O4S/c1-13-11-12-17(18(22-13)28-14-7-3-2-4-8-14)21(26)27-23-19(24)15-9-5-6-10-16(15)20(23)25/h2-12H,1H3. The van der Waals surface area contributed by atoms with Crippen LogP contribution in [0.3, 0.4) is 0 Å². The first-order valence-corrected chi connectivity index (χ1v) is 9.27. The lowest BCUT2D eigenvalue weighted by molar-refractivity contribution is -0.0587. The Balaban J connectivity index is 1.61. The number of benzene rings is 2. The Labute approximate surface area is 165 Å². The van der Waals surface area contributed by atoms with E-state index in [2.05, 4.69) is 4.98 Å². The molecule has 0 N–H and O–H groups in total. The molecular formula is C21H14N2O4S. The average molecular weight is 390 g/mol. The van der Waals surface area contributed by atoms with Gasteiger partial charge < -0.3 is 4.84 Å². The molecule has 3 aromatic rings. The van der Waals surface area contributed by atoms with Crippen LogP contribution < -0.4 is 0 Å². The van der Waals surface area contributed by atoms with Crippen LogP contribution in [0.1, 0.15) is 36.8 Å². The highest BCUT2D eigenvalue weighted by atomic mass is 32.2. The van der Waals surface area contributed by atoms with E-state index in [4.69, 9.17) is 4.84 Å². The van der Waals surface area contributed by atoms with Crippen molar-refractivity contribution in [3.63, 3.8) is 0 Å². The lowest BCUT2D eigenvalue weighted by Crippen LogP contribution is -2.32. The molecule has 1 aromatic heterocycles. The maximum Gasteiger partial charge on any atom is 0.366 e. The molecule has 138 valence electrons. The Morgan fingerprint density at radius 3 is 2.14 bits per heavy atom.